The van der Waals surface area contributed by atoms with E-state index in [0.29, 0.717) is 17.2 Å². The van der Waals surface area contributed by atoms with Crippen LogP contribution < -0.4 is 26.7 Å². The second-order valence-electron chi connectivity index (χ2n) is 13.6. The number of unbranched alkanes of at least 4 members (excludes halogenated alkanes) is 8. The molecule has 0 spiro atoms. The first kappa shape index (κ1) is 45.0. The summed E-state index contributed by atoms with van der Waals surface area (Å²) in [6.07, 6.45) is 14.7. The van der Waals surface area contributed by atoms with Gasteiger partial charge in [0, 0.05) is 27.3 Å². The van der Waals surface area contributed by atoms with E-state index < -0.39 is 14.5 Å². The highest BCUT2D eigenvalue weighted by atomic mass is 31.2. The molecular weight excluding hydrogens is 686 g/mol. The fourth-order valence-corrected chi connectivity index (χ4v) is 9.16. The smallest absolute Gasteiger partial charge is 0.258 e. The van der Waals surface area contributed by atoms with Gasteiger partial charge in [-0.1, -0.05) is 168 Å². The Balaban J connectivity index is 0.000000274. The molecule has 0 aliphatic heterocycles. The van der Waals surface area contributed by atoms with Crippen LogP contribution in [0.2, 0.25) is 0 Å². The van der Waals surface area contributed by atoms with E-state index >= 15 is 0 Å². The lowest BCUT2D eigenvalue weighted by atomic mass is 10.0. The molecule has 0 aliphatic carbocycles. The molecule has 4 aromatic rings. The zero-order valence-electron chi connectivity index (χ0n) is 31.6. The standard InChI is InChI=1S/C17H38N2O2.C14H13OP.C12H11O2P/c1-4-5-6-7-8-9-10-11-12-14-17(18-20)15-13-16-19(2,3)21;1-2-16(15,13-9-5-3-6-10-13)14-11-7-4-8-12-14;13-15(14,11-7-3-1-4-8-11)12-9-5-2-6-10-12/h17-18,20H,4-16H2,1-3H3;2-12H,1H2;1-10H,(H,13,14). The van der Waals surface area contributed by atoms with Crippen molar-refractivity contribution in [3.8, 4) is 0 Å². The van der Waals surface area contributed by atoms with Crippen LogP contribution in [-0.2, 0) is 9.13 Å². The van der Waals surface area contributed by atoms with Crippen molar-refractivity contribution in [2.75, 3.05) is 20.6 Å². The molecule has 7 nitrogen and oxygen atoms in total. The van der Waals surface area contributed by atoms with Crippen LogP contribution in [0, 0.1) is 5.21 Å². The Bertz CT molecular complexity index is 1500. The summed E-state index contributed by atoms with van der Waals surface area (Å²) in [7, 11) is -2.70. The molecule has 0 heterocycles. The van der Waals surface area contributed by atoms with Crippen molar-refractivity contribution in [1.82, 2.24) is 5.48 Å². The normalized spacial score (nSPS) is 12.1. The average molecular weight is 749 g/mol. The quantitative estimate of drug-likeness (QED) is 0.0360. The molecule has 0 aromatic heterocycles. The fraction of sp³-hybridized carbons (Fsp3) is 0.395. The molecule has 0 bridgehead atoms. The van der Waals surface area contributed by atoms with E-state index in [4.69, 9.17) is 5.21 Å². The molecule has 1 unspecified atom stereocenters. The molecule has 284 valence electrons. The number of rotatable bonds is 20. The highest BCUT2D eigenvalue weighted by molar-refractivity contribution is 7.81. The molecule has 3 N–H and O–H groups in total. The van der Waals surface area contributed by atoms with Crippen LogP contribution in [0.1, 0.15) is 84.0 Å². The fourth-order valence-electron chi connectivity index (χ4n) is 5.76. The molecule has 0 saturated carbocycles. The molecule has 4 rings (SSSR count). The van der Waals surface area contributed by atoms with E-state index in [0.717, 1.165) is 29.9 Å². The van der Waals surface area contributed by atoms with Crippen molar-refractivity contribution in [3.05, 3.63) is 139 Å². The van der Waals surface area contributed by atoms with Gasteiger partial charge >= 0.3 is 0 Å². The number of benzene rings is 4. The van der Waals surface area contributed by atoms with E-state index in [-0.39, 0.29) is 10.7 Å². The summed E-state index contributed by atoms with van der Waals surface area (Å²) in [6, 6.07) is 36.5. The molecule has 0 aliphatic rings. The van der Waals surface area contributed by atoms with Gasteiger partial charge in [-0.05, 0) is 49.3 Å². The molecule has 0 saturated heterocycles. The van der Waals surface area contributed by atoms with E-state index in [1.807, 2.05) is 72.8 Å². The lowest BCUT2D eigenvalue weighted by Gasteiger charge is -2.34. The SMILES string of the molecule is C=CP(=O)(c1ccccc1)c1ccccc1.CCCCCCCCCCCC(CCC[N+](C)(C)[O-])NO.O=P(O)(c1ccccc1)c1ccccc1. The number of nitrogens with one attached hydrogen (secondary N) is 1. The Morgan fingerprint density at radius 1 is 0.635 bits per heavy atom. The van der Waals surface area contributed by atoms with E-state index in [1.165, 1.54) is 57.8 Å². The number of hydrogen-bond acceptors (Lipinski definition) is 5. The summed E-state index contributed by atoms with van der Waals surface area (Å²) in [5.41, 5.74) is 2.40. The number of hydrogen-bond donors (Lipinski definition) is 3. The second kappa shape index (κ2) is 25.0. The third-order valence-electron chi connectivity index (χ3n) is 8.84. The van der Waals surface area contributed by atoms with Gasteiger partial charge in [0.2, 0.25) is 0 Å². The summed E-state index contributed by atoms with van der Waals surface area (Å²) in [4.78, 5) is 10.0. The van der Waals surface area contributed by atoms with E-state index in [2.05, 4.69) is 19.0 Å². The lowest BCUT2D eigenvalue weighted by Crippen LogP contribution is -2.34. The monoisotopic (exact) mass is 748 g/mol. The van der Waals surface area contributed by atoms with E-state index in [9.17, 15) is 19.2 Å². The van der Waals surface area contributed by atoms with Crippen molar-refractivity contribution < 1.29 is 23.9 Å². The summed E-state index contributed by atoms with van der Waals surface area (Å²) in [5, 5.41) is 23.2. The summed E-state index contributed by atoms with van der Waals surface area (Å²) in [5.74, 6) is 1.57. The highest BCUT2D eigenvalue weighted by Gasteiger charge is 2.23. The summed E-state index contributed by atoms with van der Waals surface area (Å²) >= 11 is 0. The Labute approximate surface area is 313 Å². The minimum absolute atomic E-state index is 0.154. The minimum atomic E-state index is -3.40. The van der Waals surface area contributed by atoms with Gasteiger partial charge in [-0.25, -0.2) is 5.48 Å². The van der Waals surface area contributed by atoms with Crippen LogP contribution in [0.3, 0.4) is 0 Å². The Morgan fingerprint density at radius 3 is 1.33 bits per heavy atom. The number of hydroxylamine groups is 4. The Hall–Kier alpha value is -3.12. The number of quaternary nitrogens is 1. The Kier molecular flexibility index (Phi) is 21.7. The second-order valence-corrected chi connectivity index (χ2v) is 18.5. The zero-order valence-corrected chi connectivity index (χ0v) is 33.4. The number of nitrogens with zero attached hydrogens (tertiary/aromatic N) is 1. The molecule has 1 atom stereocenters. The Morgan fingerprint density at radius 2 is 0.981 bits per heavy atom. The molecule has 4 aromatic carbocycles. The molecule has 0 fully saturated rings. The third kappa shape index (κ3) is 17.1. The van der Waals surface area contributed by atoms with Gasteiger partial charge in [0.15, 0.2) is 7.14 Å². The van der Waals surface area contributed by atoms with Crippen molar-refractivity contribution in [2.24, 2.45) is 0 Å². The van der Waals surface area contributed by atoms with Gasteiger partial charge in [-0.3, -0.25) is 4.57 Å². The van der Waals surface area contributed by atoms with Crippen LogP contribution >= 0.6 is 14.5 Å². The van der Waals surface area contributed by atoms with Crippen molar-refractivity contribution in [2.45, 2.75) is 90.0 Å². The van der Waals surface area contributed by atoms with Gasteiger partial charge in [-0.15, -0.1) is 0 Å². The van der Waals surface area contributed by atoms with Crippen LogP contribution in [-0.4, -0.2) is 41.4 Å². The maximum Gasteiger partial charge on any atom is 0.258 e. The predicted molar refractivity (Wildman–Crippen MR) is 222 cm³/mol. The van der Waals surface area contributed by atoms with Gasteiger partial charge in [0.05, 0.1) is 20.6 Å². The molecule has 52 heavy (non-hydrogen) atoms. The van der Waals surface area contributed by atoms with Crippen molar-refractivity contribution in [3.63, 3.8) is 0 Å². The van der Waals surface area contributed by atoms with Gasteiger partial charge in [-0.2, -0.15) is 0 Å². The van der Waals surface area contributed by atoms with Crippen LogP contribution in [0.4, 0.5) is 0 Å². The van der Waals surface area contributed by atoms with Crippen LogP contribution in [0.5, 0.6) is 0 Å². The maximum absolute atomic E-state index is 12.9. The minimum Gasteiger partial charge on any atom is -0.633 e. The zero-order chi connectivity index (χ0) is 38.1. The molecule has 9 heteroatoms. The lowest BCUT2D eigenvalue weighted by molar-refractivity contribution is -0.840. The highest BCUT2D eigenvalue weighted by Crippen LogP contribution is 2.44. The van der Waals surface area contributed by atoms with E-state index in [1.54, 1.807) is 68.4 Å². The topological polar surface area (TPSA) is 110 Å². The van der Waals surface area contributed by atoms with Gasteiger partial charge in [0.1, 0.15) is 0 Å². The van der Waals surface area contributed by atoms with Crippen LogP contribution in [0.15, 0.2) is 134 Å². The van der Waals surface area contributed by atoms with Gasteiger partial charge < -0.3 is 24.5 Å². The first-order valence-corrected chi connectivity index (χ1v) is 22.1. The van der Waals surface area contributed by atoms with Crippen LogP contribution in [0.25, 0.3) is 0 Å². The average Bonchev–Trinajstić information content (AvgIpc) is 3.17. The summed E-state index contributed by atoms with van der Waals surface area (Å²) < 4.78 is 24.8. The van der Waals surface area contributed by atoms with Crippen molar-refractivity contribution in [1.29, 1.82) is 0 Å². The van der Waals surface area contributed by atoms with Gasteiger partial charge in [0.25, 0.3) is 7.37 Å². The molecular formula is C43H62N2O5P2. The van der Waals surface area contributed by atoms with Crippen molar-refractivity contribution >= 4 is 35.7 Å². The molecule has 0 amide bonds. The molecule has 0 radical (unpaired) electrons. The first-order chi connectivity index (χ1) is 25.0. The third-order valence-corrected chi connectivity index (χ3v) is 13.5. The first-order valence-electron chi connectivity index (χ1n) is 18.7. The summed E-state index contributed by atoms with van der Waals surface area (Å²) in [6.45, 7) is 6.60. The maximum atomic E-state index is 12.9. The predicted octanol–water partition coefficient (Wildman–Crippen LogP) is 9.66. The largest absolute Gasteiger partial charge is 0.633 e.